The number of hydrogen-bond donors (Lipinski definition) is 0. The van der Waals surface area contributed by atoms with E-state index in [0.717, 1.165) is 25.7 Å². The SMILES string of the molecule is O=C1CCC[C@H](Cl)[C@H]2C=CC[C@@H]12. The molecule has 0 aromatic carbocycles. The van der Waals surface area contributed by atoms with E-state index in [0.29, 0.717) is 11.7 Å². The Morgan fingerprint density at radius 1 is 1.50 bits per heavy atom. The molecule has 0 amide bonds. The van der Waals surface area contributed by atoms with Crippen molar-refractivity contribution >= 4 is 17.4 Å². The lowest BCUT2D eigenvalue weighted by Crippen LogP contribution is -2.22. The Bertz CT molecular complexity index is 222. The number of alkyl halides is 1. The van der Waals surface area contributed by atoms with Crippen molar-refractivity contribution in [2.45, 2.75) is 31.1 Å². The maximum atomic E-state index is 11.5. The van der Waals surface area contributed by atoms with Gasteiger partial charge in [0, 0.05) is 23.6 Å². The second-order valence-corrected chi connectivity index (χ2v) is 4.28. The fourth-order valence-electron chi connectivity index (χ4n) is 2.24. The summed E-state index contributed by atoms with van der Waals surface area (Å²) in [5, 5.41) is 0.195. The molecule has 0 radical (unpaired) electrons. The standard InChI is InChI=1S/C10H13ClO/c11-9-5-2-6-10(12)8-4-1-3-7(8)9/h1,3,7-9H,2,4-6H2/t7-,8+,9-/m0/s1. The lowest BCUT2D eigenvalue weighted by Gasteiger charge is -2.18. The number of rotatable bonds is 0. The minimum atomic E-state index is 0.195. The number of hydrogen-bond acceptors (Lipinski definition) is 1. The fourth-order valence-corrected chi connectivity index (χ4v) is 2.66. The van der Waals surface area contributed by atoms with Crippen molar-refractivity contribution in [2.24, 2.45) is 11.8 Å². The Kier molecular flexibility index (Phi) is 2.22. The molecule has 2 heteroatoms. The lowest BCUT2D eigenvalue weighted by molar-refractivity contribution is -0.123. The molecule has 0 N–H and O–H groups in total. The molecule has 0 spiro atoms. The first-order valence-electron chi connectivity index (χ1n) is 4.62. The highest BCUT2D eigenvalue weighted by Crippen LogP contribution is 2.37. The average Bonchev–Trinajstić information content (AvgIpc) is 2.47. The van der Waals surface area contributed by atoms with Crippen molar-refractivity contribution in [1.29, 1.82) is 0 Å². The monoisotopic (exact) mass is 184 g/mol. The van der Waals surface area contributed by atoms with Gasteiger partial charge in [-0.3, -0.25) is 4.79 Å². The van der Waals surface area contributed by atoms with Gasteiger partial charge < -0.3 is 0 Å². The first kappa shape index (κ1) is 8.31. The van der Waals surface area contributed by atoms with Gasteiger partial charge in [0.05, 0.1) is 0 Å². The first-order chi connectivity index (χ1) is 5.79. The fraction of sp³-hybridized carbons (Fsp3) is 0.700. The van der Waals surface area contributed by atoms with Gasteiger partial charge in [0.1, 0.15) is 5.78 Å². The summed E-state index contributed by atoms with van der Waals surface area (Å²) in [6.07, 6.45) is 7.88. The summed E-state index contributed by atoms with van der Waals surface area (Å²) >= 11 is 6.18. The molecule has 2 aliphatic rings. The summed E-state index contributed by atoms with van der Waals surface area (Å²) in [5.74, 6) is 0.977. The second-order valence-electron chi connectivity index (χ2n) is 3.72. The molecule has 0 aromatic rings. The van der Waals surface area contributed by atoms with Crippen molar-refractivity contribution in [3.63, 3.8) is 0 Å². The van der Waals surface area contributed by atoms with E-state index in [9.17, 15) is 4.79 Å². The van der Waals surface area contributed by atoms with Gasteiger partial charge in [-0.05, 0) is 19.3 Å². The summed E-state index contributed by atoms with van der Waals surface area (Å²) < 4.78 is 0. The zero-order valence-electron chi connectivity index (χ0n) is 7.00. The summed E-state index contributed by atoms with van der Waals surface area (Å²) in [6, 6.07) is 0. The van der Waals surface area contributed by atoms with Crippen LogP contribution >= 0.6 is 11.6 Å². The van der Waals surface area contributed by atoms with E-state index in [4.69, 9.17) is 11.6 Å². The number of carbonyl (C=O) groups excluding carboxylic acids is 1. The molecular formula is C10H13ClO. The first-order valence-corrected chi connectivity index (χ1v) is 5.06. The van der Waals surface area contributed by atoms with Gasteiger partial charge in [-0.15, -0.1) is 11.6 Å². The third kappa shape index (κ3) is 1.31. The predicted octanol–water partition coefficient (Wildman–Crippen LogP) is 2.54. The lowest BCUT2D eigenvalue weighted by atomic mass is 9.90. The van der Waals surface area contributed by atoms with E-state index in [2.05, 4.69) is 12.2 Å². The minimum Gasteiger partial charge on any atom is -0.299 e. The number of Topliss-reactive ketones (excluding diaryl/α,β-unsaturated/α-hetero) is 1. The molecule has 1 fully saturated rings. The van der Waals surface area contributed by atoms with Crippen LogP contribution in [-0.2, 0) is 4.79 Å². The Balaban J connectivity index is 2.19. The molecule has 12 heavy (non-hydrogen) atoms. The molecule has 0 unspecified atom stereocenters. The van der Waals surface area contributed by atoms with E-state index in [-0.39, 0.29) is 11.3 Å². The molecular weight excluding hydrogens is 172 g/mol. The average molecular weight is 185 g/mol. The van der Waals surface area contributed by atoms with Crippen LogP contribution < -0.4 is 0 Å². The molecule has 1 saturated carbocycles. The van der Waals surface area contributed by atoms with Gasteiger partial charge in [-0.1, -0.05) is 12.2 Å². The van der Waals surface area contributed by atoms with E-state index in [1.807, 2.05) is 0 Å². The quantitative estimate of drug-likeness (QED) is 0.418. The van der Waals surface area contributed by atoms with E-state index in [1.165, 1.54) is 0 Å². The maximum Gasteiger partial charge on any atom is 0.136 e. The van der Waals surface area contributed by atoms with Crippen LogP contribution in [0, 0.1) is 11.8 Å². The van der Waals surface area contributed by atoms with Crippen LogP contribution in [0.3, 0.4) is 0 Å². The summed E-state index contributed by atoms with van der Waals surface area (Å²) in [6.45, 7) is 0. The van der Waals surface area contributed by atoms with Gasteiger partial charge in [0.15, 0.2) is 0 Å². The largest absolute Gasteiger partial charge is 0.299 e. The molecule has 3 atom stereocenters. The zero-order chi connectivity index (χ0) is 8.55. The number of ketones is 1. The van der Waals surface area contributed by atoms with Gasteiger partial charge in [0.25, 0.3) is 0 Å². The van der Waals surface area contributed by atoms with Crippen LogP contribution in [0.5, 0.6) is 0 Å². The second kappa shape index (κ2) is 3.21. The maximum absolute atomic E-state index is 11.5. The molecule has 2 aliphatic carbocycles. The minimum absolute atomic E-state index is 0.195. The molecule has 0 heterocycles. The summed E-state index contributed by atoms with van der Waals surface area (Å²) in [5.41, 5.74) is 0. The molecule has 1 nitrogen and oxygen atoms in total. The molecule has 66 valence electrons. The molecule has 0 saturated heterocycles. The van der Waals surface area contributed by atoms with Crippen LogP contribution in [0.2, 0.25) is 0 Å². The van der Waals surface area contributed by atoms with E-state index < -0.39 is 0 Å². The highest BCUT2D eigenvalue weighted by atomic mass is 35.5. The zero-order valence-corrected chi connectivity index (χ0v) is 7.76. The number of allylic oxidation sites excluding steroid dienone is 2. The van der Waals surface area contributed by atoms with Crippen molar-refractivity contribution in [3.05, 3.63) is 12.2 Å². The molecule has 0 bridgehead atoms. The molecule has 0 aromatic heterocycles. The normalized spacial score (nSPS) is 41.1. The van der Waals surface area contributed by atoms with Gasteiger partial charge in [-0.2, -0.15) is 0 Å². The topological polar surface area (TPSA) is 17.1 Å². The van der Waals surface area contributed by atoms with Crippen molar-refractivity contribution in [1.82, 2.24) is 0 Å². The van der Waals surface area contributed by atoms with Gasteiger partial charge in [0.2, 0.25) is 0 Å². The smallest absolute Gasteiger partial charge is 0.136 e. The van der Waals surface area contributed by atoms with Crippen molar-refractivity contribution in [2.75, 3.05) is 0 Å². The van der Waals surface area contributed by atoms with Gasteiger partial charge >= 0.3 is 0 Å². The Hall–Kier alpha value is -0.300. The summed E-state index contributed by atoms with van der Waals surface area (Å²) in [4.78, 5) is 11.5. The number of carbonyl (C=O) groups is 1. The Labute approximate surface area is 77.8 Å². The third-order valence-corrected chi connectivity index (χ3v) is 3.46. The molecule has 2 rings (SSSR count). The number of fused-ring (bicyclic) bond motifs is 1. The number of halogens is 1. The van der Waals surface area contributed by atoms with E-state index in [1.54, 1.807) is 0 Å². The third-order valence-electron chi connectivity index (χ3n) is 2.95. The van der Waals surface area contributed by atoms with Gasteiger partial charge in [-0.25, -0.2) is 0 Å². The molecule has 0 aliphatic heterocycles. The predicted molar refractivity (Wildman–Crippen MR) is 49.2 cm³/mol. The van der Waals surface area contributed by atoms with Crippen LogP contribution in [0.15, 0.2) is 12.2 Å². The van der Waals surface area contributed by atoms with Crippen LogP contribution in [-0.4, -0.2) is 11.2 Å². The highest BCUT2D eigenvalue weighted by Gasteiger charge is 2.35. The van der Waals surface area contributed by atoms with Crippen molar-refractivity contribution in [3.8, 4) is 0 Å². The summed E-state index contributed by atoms with van der Waals surface area (Å²) in [7, 11) is 0. The van der Waals surface area contributed by atoms with Crippen LogP contribution in [0.4, 0.5) is 0 Å². The van der Waals surface area contributed by atoms with Crippen molar-refractivity contribution < 1.29 is 4.79 Å². The highest BCUT2D eigenvalue weighted by molar-refractivity contribution is 6.21. The Morgan fingerprint density at radius 3 is 3.17 bits per heavy atom. The van der Waals surface area contributed by atoms with Crippen LogP contribution in [0.1, 0.15) is 25.7 Å². The van der Waals surface area contributed by atoms with Crippen LogP contribution in [0.25, 0.3) is 0 Å². The Morgan fingerprint density at radius 2 is 2.33 bits per heavy atom. The van der Waals surface area contributed by atoms with E-state index >= 15 is 0 Å².